The van der Waals surface area contributed by atoms with Gasteiger partial charge in [0.25, 0.3) is 5.91 Å². The Morgan fingerprint density at radius 1 is 1.12 bits per heavy atom. The van der Waals surface area contributed by atoms with Gasteiger partial charge in [-0.05, 0) is 42.0 Å². The van der Waals surface area contributed by atoms with Crippen molar-refractivity contribution in [3.8, 4) is 0 Å². The van der Waals surface area contributed by atoms with Gasteiger partial charge in [0, 0.05) is 31.8 Å². The number of carbonyl (C=O) groups excluding carboxylic acids is 2. The lowest BCUT2D eigenvalue weighted by Crippen LogP contribution is -2.22. The quantitative estimate of drug-likeness (QED) is 0.760. The van der Waals surface area contributed by atoms with Crippen LogP contribution in [0, 0.1) is 0 Å². The van der Waals surface area contributed by atoms with Crippen molar-refractivity contribution in [2.24, 2.45) is 7.05 Å². The van der Waals surface area contributed by atoms with E-state index in [0.717, 1.165) is 5.56 Å². The highest BCUT2D eigenvalue weighted by molar-refractivity contribution is 5.95. The van der Waals surface area contributed by atoms with Gasteiger partial charge in [0.1, 0.15) is 0 Å². The fourth-order valence-corrected chi connectivity index (χ4v) is 2.47. The van der Waals surface area contributed by atoms with Crippen molar-refractivity contribution in [2.45, 2.75) is 13.5 Å². The maximum Gasteiger partial charge on any atom is 0.419 e. The van der Waals surface area contributed by atoms with Gasteiger partial charge in [0.2, 0.25) is 5.91 Å². The molecule has 3 aromatic rings. The first-order chi connectivity index (χ1) is 11.9. The largest absolute Gasteiger partial charge is 0.419 e. The summed E-state index contributed by atoms with van der Waals surface area (Å²) in [5, 5.41) is 5.47. The molecule has 0 aliphatic rings. The molecule has 0 saturated heterocycles. The minimum absolute atomic E-state index is 0.166. The van der Waals surface area contributed by atoms with E-state index >= 15 is 0 Å². The molecule has 1 heterocycles. The van der Waals surface area contributed by atoms with E-state index < -0.39 is 5.76 Å². The number of fused-ring (bicyclic) bond motifs is 1. The number of aromatic nitrogens is 1. The van der Waals surface area contributed by atoms with Crippen molar-refractivity contribution in [3.63, 3.8) is 0 Å². The number of nitrogens with one attached hydrogen (secondary N) is 2. The van der Waals surface area contributed by atoms with E-state index in [0.29, 0.717) is 28.9 Å². The highest BCUT2D eigenvalue weighted by Gasteiger charge is 2.09. The molecular formula is C18H17N3O4. The Morgan fingerprint density at radius 3 is 2.52 bits per heavy atom. The van der Waals surface area contributed by atoms with Gasteiger partial charge in [-0.1, -0.05) is 6.07 Å². The van der Waals surface area contributed by atoms with Gasteiger partial charge < -0.3 is 15.1 Å². The molecule has 128 valence electrons. The Kier molecular flexibility index (Phi) is 4.38. The number of benzene rings is 2. The number of oxazole rings is 1. The molecule has 0 unspecified atom stereocenters. The average molecular weight is 339 g/mol. The first kappa shape index (κ1) is 16.5. The summed E-state index contributed by atoms with van der Waals surface area (Å²) in [4.78, 5) is 34.7. The molecule has 0 radical (unpaired) electrons. The fourth-order valence-electron chi connectivity index (χ4n) is 2.47. The van der Waals surface area contributed by atoms with E-state index in [2.05, 4.69) is 10.6 Å². The standard InChI is InChI=1S/C18H17N3O4/c1-11(22)20-14-6-4-13(5-7-14)17(23)19-10-12-3-8-16-15(9-12)21(2)18(24)25-16/h3-9H,10H2,1-2H3,(H,19,23)(H,20,22). The van der Waals surface area contributed by atoms with E-state index in [1.165, 1.54) is 11.5 Å². The predicted octanol–water partition coefficient (Wildman–Crippen LogP) is 2.02. The maximum atomic E-state index is 12.2. The lowest BCUT2D eigenvalue weighted by molar-refractivity contribution is -0.114. The van der Waals surface area contributed by atoms with Crippen molar-refractivity contribution in [1.29, 1.82) is 0 Å². The third-order valence-corrected chi connectivity index (χ3v) is 3.78. The summed E-state index contributed by atoms with van der Waals surface area (Å²) in [5.41, 5.74) is 3.17. The van der Waals surface area contributed by atoms with Gasteiger partial charge >= 0.3 is 5.76 Å². The second kappa shape index (κ2) is 6.64. The van der Waals surface area contributed by atoms with Crippen molar-refractivity contribution in [1.82, 2.24) is 9.88 Å². The number of amides is 2. The molecule has 25 heavy (non-hydrogen) atoms. The van der Waals surface area contributed by atoms with Gasteiger partial charge in [-0.25, -0.2) is 4.79 Å². The third kappa shape index (κ3) is 3.60. The van der Waals surface area contributed by atoms with Crippen LogP contribution in [0.5, 0.6) is 0 Å². The fraction of sp³-hybridized carbons (Fsp3) is 0.167. The van der Waals surface area contributed by atoms with Crippen LogP contribution in [0.15, 0.2) is 51.7 Å². The molecule has 0 fully saturated rings. The third-order valence-electron chi connectivity index (χ3n) is 3.78. The minimum atomic E-state index is -0.421. The van der Waals surface area contributed by atoms with Gasteiger partial charge in [0.05, 0.1) is 5.52 Å². The minimum Gasteiger partial charge on any atom is -0.408 e. The van der Waals surface area contributed by atoms with E-state index in [4.69, 9.17) is 4.42 Å². The Balaban J connectivity index is 1.68. The van der Waals surface area contributed by atoms with Crippen molar-refractivity contribution in [3.05, 3.63) is 64.1 Å². The van der Waals surface area contributed by atoms with Gasteiger partial charge in [-0.3, -0.25) is 14.2 Å². The number of aryl methyl sites for hydroxylation is 1. The Hall–Kier alpha value is -3.35. The van der Waals surface area contributed by atoms with E-state index in [1.807, 2.05) is 0 Å². The van der Waals surface area contributed by atoms with Crippen LogP contribution < -0.4 is 16.4 Å². The molecule has 2 amide bonds. The summed E-state index contributed by atoms with van der Waals surface area (Å²) in [5.74, 6) is -0.813. The SMILES string of the molecule is CC(=O)Nc1ccc(C(=O)NCc2ccc3oc(=O)n(C)c3c2)cc1. The van der Waals surface area contributed by atoms with E-state index in [1.54, 1.807) is 49.5 Å². The molecule has 7 heteroatoms. The summed E-state index contributed by atoms with van der Waals surface area (Å²) >= 11 is 0. The number of hydrogen-bond acceptors (Lipinski definition) is 4. The van der Waals surface area contributed by atoms with Crippen LogP contribution in [0.3, 0.4) is 0 Å². The summed E-state index contributed by atoms with van der Waals surface area (Å²) < 4.78 is 6.50. The van der Waals surface area contributed by atoms with Crippen LogP contribution >= 0.6 is 0 Å². The van der Waals surface area contributed by atoms with Gasteiger partial charge in [0.15, 0.2) is 5.58 Å². The molecule has 7 nitrogen and oxygen atoms in total. The normalized spacial score (nSPS) is 10.6. The summed E-state index contributed by atoms with van der Waals surface area (Å²) in [6, 6.07) is 11.9. The van der Waals surface area contributed by atoms with Crippen molar-refractivity contribution in [2.75, 3.05) is 5.32 Å². The molecule has 0 aliphatic heterocycles. The second-order valence-electron chi connectivity index (χ2n) is 5.67. The molecule has 0 saturated carbocycles. The van der Waals surface area contributed by atoms with Crippen LogP contribution in [0.25, 0.3) is 11.1 Å². The Bertz CT molecular complexity index is 999. The molecular weight excluding hydrogens is 322 g/mol. The number of anilines is 1. The van der Waals surface area contributed by atoms with Gasteiger partial charge in [-0.2, -0.15) is 0 Å². The van der Waals surface area contributed by atoms with Crippen molar-refractivity contribution >= 4 is 28.6 Å². The average Bonchev–Trinajstić information content (AvgIpc) is 2.87. The molecule has 0 spiro atoms. The molecule has 3 rings (SSSR count). The maximum absolute atomic E-state index is 12.2. The van der Waals surface area contributed by atoms with Crippen LogP contribution in [0.1, 0.15) is 22.8 Å². The Labute approximate surface area is 143 Å². The van der Waals surface area contributed by atoms with Crippen molar-refractivity contribution < 1.29 is 14.0 Å². The molecule has 0 atom stereocenters. The lowest BCUT2D eigenvalue weighted by Gasteiger charge is -2.07. The number of nitrogens with zero attached hydrogens (tertiary/aromatic N) is 1. The van der Waals surface area contributed by atoms with E-state index in [-0.39, 0.29) is 11.8 Å². The molecule has 2 aromatic carbocycles. The summed E-state index contributed by atoms with van der Waals surface area (Å²) in [7, 11) is 1.63. The molecule has 1 aromatic heterocycles. The molecule has 0 aliphatic carbocycles. The number of rotatable bonds is 4. The smallest absolute Gasteiger partial charge is 0.408 e. The second-order valence-corrected chi connectivity index (χ2v) is 5.67. The predicted molar refractivity (Wildman–Crippen MR) is 93.4 cm³/mol. The number of carbonyl (C=O) groups is 2. The van der Waals surface area contributed by atoms with Crippen LogP contribution in [0.4, 0.5) is 5.69 Å². The zero-order chi connectivity index (χ0) is 18.0. The molecule has 2 N–H and O–H groups in total. The van der Waals surface area contributed by atoms with Gasteiger partial charge in [-0.15, -0.1) is 0 Å². The summed E-state index contributed by atoms with van der Waals surface area (Å²) in [6.45, 7) is 1.74. The van der Waals surface area contributed by atoms with Crippen LogP contribution in [0.2, 0.25) is 0 Å². The first-order valence-electron chi connectivity index (χ1n) is 7.68. The lowest BCUT2D eigenvalue weighted by atomic mass is 10.1. The highest BCUT2D eigenvalue weighted by atomic mass is 16.4. The molecule has 0 bridgehead atoms. The monoisotopic (exact) mass is 339 g/mol. The number of hydrogen-bond donors (Lipinski definition) is 2. The zero-order valence-corrected chi connectivity index (χ0v) is 13.8. The van der Waals surface area contributed by atoms with Crippen LogP contribution in [-0.2, 0) is 18.4 Å². The first-order valence-corrected chi connectivity index (χ1v) is 7.68. The van der Waals surface area contributed by atoms with E-state index in [9.17, 15) is 14.4 Å². The zero-order valence-electron chi connectivity index (χ0n) is 13.8. The topological polar surface area (TPSA) is 93.3 Å². The Morgan fingerprint density at radius 2 is 1.84 bits per heavy atom. The van der Waals surface area contributed by atoms with Crippen LogP contribution in [-0.4, -0.2) is 16.4 Å². The highest BCUT2D eigenvalue weighted by Crippen LogP contribution is 2.14. The summed E-state index contributed by atoms with van der Waals surface area (Å²) in [6.07, 6.45) is 0.